The molecule has 0 radical (unpaired) electrons. The molecule has 5 heterocycles. The lowest BCUT2D eigenvalue weighted by atomic mass is 10.1. The number of nitrogens with one attached hydrogen (secondary N) is 1. The van der Waals surface area contributed by atoms with E-state index in [1.54, 1.807) is 12.4 Å². The van der Waals surface area contributed by atoms with Crippen LogP contribution in [0, 0.1) is 11.8 Å². The molecule has 0 bridgehead atoms. The second-order valence-electron chi connectivity index (χ2n) is 7.98. The van der Waals surface area contributed by atoms with Crippen LogP contribution >= 0.6 is 11.3 Å². The summed E-state index contributed by atoms with van der Waals surface area (Å²) >= 11 is 1.49. The average Bonchev–Trinajstić information content (AvgIpc) is 3.54. The summed E-state index contributed by atoms with van der Waals surface area (Å²) in [7, 11) is -4.01. The van der Waals surface area contributed by atoms with E-state index in [0.717, 1.165) is 15.4 Å². The quantitative estimate of drug-likeness (QED) is 0.221. The molecule has 1 aliphatic heterocycles. The van der Waals surface area contributed by atoms with E-state index in [1.165, 1.54) is 22.2 Å². The van der Waals surface area contributed by atoms with Crippen molar-refractivity contribution in [2.24, 2.45) is 5.14 Å². The predicted octanol–water partition coefficient (Wildman–Crippen LogP) is -0.0509. The summed E-state index contributed by atoms with van der Waals surface area (Å²) in [6.45, 7) is -0.326. The summed E-state index contributed by atoms with van der Waals surface area (Å²) in [6.07, 6.45) is -0.310. The van der Waals surface area contributed by atoms with E-state index < -0.39 is 34.7 Å². The number of nitrogens with two attached hydrogens (primary N) is 2. The molecule has 5 rings (SSSR count). The fraction of sp³-hybridized carbons (Fsp3) is 0.227. The fourth-order valence-electron chi connectivity index (χ4n) is 3.90. The molecular formula is C22H21N7O5S2. The number of rotatable bonds is 5. The molecule has 186 valence electrons. The van der Waals surface area contributed by atoms with Crippen molar-refractivity contribution in [3.63, 3.8) is 0 Å². The molecule has 4 aromatic heterocycles. The van der Waals surface area contributed by atoms with Gasteiger partial charge in [-0.3, -0.25) is 4.98 Å². The first-order chi connectivity index (χ1) is 17.2. The Balaban J connectivity index is 1.48. The van der Waals surface area contributed by atoms with Gasteiger partial charge in [0.2, 0.25) is 0 Å². The van der Waals surface area contributed by atoms with Gasteiger partial charge < -0.3 is 25.3 Å². The Morgan fingerprint density at radius 1 is 1.14 bits per heavy atom. The predicted molar refractivity (Wildman–Crippen MR) is 133 cm³/mol. The van der Waals surface area contributed by atoms with Crippen LogP contribution in [-0.2, 0) is 14.9 Å². The highest BCUT2D eigenvalue weighted by Crippen LogP contribution is 2.34. The van der Waals surface area contributed by atoms with Crippen molar-refractivity contribution in [3.05, 3.63) is 59.5 Å². The number of nitrogens with zero attached hydrogens (tertiary/aromatic N) is 4. The van der Waals surface area contributed by atoms with Gasteiger partial charge >= 0.3 is 0 Å². The minimum atomic E-state index is -4.01. The smallest absolute Gasteiger partial charge is 0.274 e. The number of pyridine rings is 1. The summed E-state index contributed by atoms with van der Waals surface area (Å²) in [5.74, 6) is 6.38. The van der Waals surface area contributed by atoms with E-state index in [0.29, 0.717) is 16.6 Å². The van der Waals surface area contributed by atoms with Crippen LogP contribution in [0.3, 0.4) is 0 Å². The summed E-state index contributed by atoms with van der Waals surface area (Å²) in [6, 6.07) is 9.52. The van der Waals surface area contributed by atoms with Gasteiger partial charge in [-0.25, -0.2) is 15.1 Å². The molecule has 4 atom stereocenters. The zero-order chi connectivity index (χ0) is 25.4. The minimum Gasteiger partial charge on any atom is -0.387 e. The van der Waals surface area contributed by atoms with Gasteiger partial charge in [0.1, 0.15) is 36.1 Å². The van der Waals surface area contributed by atoms with Crippen molar-refractivity contribution < 1.29 is 23.4 Å². The van der Waals surface area contributed by atoms with Crippen molar-refractivity contribution in [1.29, 1.82) is 0 Å². The van der Waals surface area contributed by atoms with Gasteiger partial charge in [0.25, 0.3) is 10.2 Å². The Bertz CT molecular complexity index is 1580. The molecule has 0 unspecified atom stereocenters. The Morgan fingerprint density at radius 2 is 1.97 bits per heavy atom. The number of aliphatic hydroxyl groups excluding tert-OH is 2. The monoisotopic (exact) mass is 527 g/mol. The molecule has 4 aromatic rings. The number of thiophene rings is 1. The van der Waals surface area contributed by atoms with E-state index >= 15 is 0 Å². The SMILES string of the molecule is Nc1ncnc2c1c(C#Cc1ccc(-c3ccccn3)s1)cn2[C@@H]1O[C@H](CNS(N)(=O)=O)[C@@H](O)[C@H]1O. The molecule has 0 amide bonds. The Kier molecular flexibility index (Phi) is 6.45. The van der Waals surface area contributed by atoms with Crippen molar-refractivity contribution in [1.82, 2.24) is 24.2 Å². The first-order valence-corrected chi connectivity index (χ1v) is 13.0. The molecule has 1 aliphatic rings. The number of hydrogen-bond donors (Lipinski definition) is 5. The van der Waals surface area contributed by atoms with Crippen LogP contribution in [0.5, 0.6) is 0 Å². The van der Waals surface area contributed by atoms with Gasteiger partial charge in [-0.2, -0.15) is 13.1 Å². The molecule has 0 spiro atoms. The van der Waals surface area contributed by atoms with Crippen molar-refractivity contribution in [2.45, 2.75) is 24.5 Å². The molecule has 12 nitrogen and oxygen atoms in total. The van der Waals surface area contributed by atoms with Crippen molar-refractivity contribution in [3.8, 4) is 22.4 Å². The maximum absolute atomic E-state index is 11.2. The lowest BCUT2D eigenvalue weighted by Crippen LogP contribution is -2.42. The molecule has 14 heteroatoms. The van der Waals surface area contributed by atoms with Gasteiger partial charge in [-0.1, -0.05) is 17.9 Å². The second kappa shape index (κ2) is 9.56. The lowest BCUT2D eigenvalue weighted by molar-refractivity contribution is -0.0327. The Hall–Kier alpha value is -3.42. The number of nitrogen functional groups attached to an aromatic ring is 1. The number of anilines is 1. The zero-order valence-electron chi connectivity index (χ0n) is 18.5. The van der Waals surface area contributed by atoms with Crippen LogP contribution in [0.2, 0.25) is 0 Å². The Morgan fingerprint density at radius 3 is 2.72 bits per heavy atom. The molecule has 36 heavy (non-hydrogen) atoms. The normalized spacial score (nSPS) is 22.0. The van der Waals surface area contributed by atoms with E-state index in [-0.39, 0.29) is 12.4 Å². The summed E-state index contributed by atoms with van der Waals surface area (Å²) in [4.78, 5) is 14.4. The summed E-state index contributed by atoms with van der Waals surface area (Å²) in [5, 5.41) is 26.5. The molecule has 1 saturated heterocycles. The highest BCUT2D eigenvalue weighted by molar-refractivity contribution is 7.87. The van der Waals surface area contributed by atoms with Crippen molar-refractivity contribution >= 4 is 38.4 Å². The first-order valence-electron chi connectivity index (χ1n) is 10.6. The van der Waals surface area contributed by atoms with Crippen LogP contribution in [0.1, 0.15) is 16.7 Å². The molecule has 0 aliphatic carbocycles. The molecule has 0 aromatic carbocycles. The Labute approximate surface area is 209 Å². The number of aromatic nitrogens is 4. The minimum absolute atomic E-state index is 0.184. The number of ether oxygens (including phenoxy) is 1. The largest absolute Gasteiger partial charge is 0.387 e. The van der Waals surface area contributed by atoms with E-state index in [4.69, 9.17) is 15.6 Å². The first kappa shape index (κ1) is 24.3. The molecular weight excluding hydrogens is 506 g/mol. The van der Waals surface area contributed by atoms with Crippen molar-refractivity contribution in [2.75, 3.05) is 12.3 Å². The maximum atomic E-state index is 11.2. The number of hydrogen-bond acceptors (Lipinski definition) is 10. The third-order valence-electron chi connectivity index (χ3n) is 5.58. The summed E-state index contributed by atoms with van der Waals surface area (Å²) < 4.78 is 31.8. The van der Waals surface area contributed by atoms with E-state index in [2.05, 4.69) is 31.5 Å². The van der Waals surface area contributed by atoms with E-state index in [1.807, 2.05) is 30.3 Å². The zero-order valence-corrected chi connectivity index (χ0v) is 20.1. The highest BCUT2D eigenvalue weighted by atomic mass is 32.2. The van der Waals surface area contributed by atoms with Gasteiger partial charge in [-0.05, 0) is 24.3 Å². The average molecular weight is 528 g/mol. The van der Waals surface area contributed by atoms with Crippen LogP contribution in [0.4, 0.5) is 5.82 Å². The van der Waals surface area contributed by atoms with Gasteiger partial charge in [-0.15, -0.1) is 11.3 Å². The second-order valence-corrected chi connectivity index (χ2v) is 10.4. The standard InChI is InChI=1S/C22H21N7O5S2/c23-20-17-12(4-5-13-6-7-16(35-13)14-3-1-2-8-25-14)10-29(21(17)27-11-26-20)22-19(31)18(30)15(34-22)9-28-36(24,32)33/h1-3,6-8,10-11,15,18-19,22,28,30-31H,9H2,(H2,23,26,27)(H2,24,32,33)/t15-,18-,19-,22-/m1/s1. The van der Waals surface area contributed by atoms with Gasteiger partial charge in [0.15, 0.2) is 6.23 Å². The van der Waals surface area contributed by atoms with Gasteiger partial charge in [0.05, 0.1) is 26.4 Å². The summed E-state index contributed by atoms with van der Waals surface area (Å²) in [5.41, 5.74) is 7.80. The number of fused-ring (bicyclic) bond motifs is 1. The molecule has 7 N–H and O–H groups in total. The lowest BCUT2D eigenvalue weighted by Gasteiger charge is -2.17. The third-order valence-corrected chi connectivity index (χ3v) is 7.17. The highest BCUT2D eigenvalue weighted by Gasteiger charge is 2.44. The van der Waals surface area contributed by atoms with Crippen LogP contribution in [0.15, 0.2) is 49.1 Å². The van der Waals surface area contributed by atoms with Crippen LogP contribution in [-0.4, -0.2) is 63.0 Å². The fourth-order valence-corrected chi connectivity index (χ4v) is 5.14. The van der Waals surface area contributed by atoms with Gasteiger partial charge in [0, 0.05) is 18.9 Å². The molecule has 1 fully saturated rings. The third kappa shape index (κ3) is 4.81. The topological polar surface area (TPSA) is 191 Å². The van der Waals surface area contributed by atoms with E-state index in [9.17, 15) is 18.6 Å². The van der Waals surface area contributed by atoms with Crippen LogP contribution in [0.25, 0.3) is 21.6 Å². The number of aliphatic hydroxyl groups is 2. The van der Waals surface area contributed by atoms with Crippen LogP contribution < -0.4 is 15.6 Å². The molecule has 0 saturated carbocycles. The maximum Gasteiger partial charge on any atom is 0.274 e.